The predicted molar refractivity (Wildman–Crippen MR) is 60.7 cm³/mol. The lowest BCUT2D eigenvalue weighted by molar-refractivity contribution is 0.0477. The van der Waals surface area contributed by atoms with Crippen molar-refractivity contribution < 1.29 is 14.3 Å². The number of hydrogen-bond donors (Lipinski definition) is 1. The SMILES string of the molecule is CO[C@H]1CN(C(=O)c2ccc[nH]2)[C@@H]2COC[C@H]12. The number of methoxy groups -OCH3 is 1. The zero-order valence-electron chi connectivity index (χ0n) is 9.76. The monoisotopic (exact) mass is 236 g/mol. The van der Waals surface area contributed by atoms with Gasteiger partial charge in [0.1, 0.15) is 5.69 Å². The molecule has 3 rings (SSSR count). The summed E-state index contributed by atoms with van der Waals surface area (Å²) in [6.45, 7) is 1.97. The number of nitrogens with one attached hydrogen (secondary N) is 1. The second kappa shape index (κ2) is 4.16. The van der Waals surface area contributed by atoms with Gasteiger partial charge in [0, 0.05) is 25.8 Å². The second-order valence-corrected chi connectivity index (χ2v) is 4.58. The molecule has 1 aromatic rings. The number of hydrogen-bond acceptors (Lipinski definition) is 3. The number of ether oxygens (including phenoxy) is 2. The molecule has 92 valence electrons. The molecule has 0 radical (unpaired) electrons. The van der Waals surface area contributed by atoms with Gasteiger partial charge in [-0.05, 0) is 12.1 Å². The zero-order chi connectivity index (χ0) is 11.8. The molecule has 17 heavy (non-hydrogen) atoms. The molecule has 1 N–H and O–H groups in total. The Kier molecular flexibility index (Phi) is 2.64. The normalized spacial score (nSPS) is 31.8. The zero-order valence-corrected chi connectivity index (χ0v) is 9.76. The number of fused-ring (bicyclic) bond motifs is 1. The number of nitrogens with zero attached hydrogens (tertiary/aromatic N) is 1. The van der Waals surface area contributed by atoms with Gasteiger partial charge >= 0.3 is 0 Å². The fourth-order valence-corrected chi connectivity index (χ4v) is 2.80. The first-order valence-electron chi connectivity index (χ1n) is 5.86. The molecule has 3 atom stereocenters. The first-order chi connectivity index (χ1) is 8.31. The third kappa shape index (κ3) is 1.66. The van der Waals surface area contributed by atoms with Crippen molar-refractivity contribution in [3.63, 3.8) is 0 Å². The van der Waals surface area contributed by atoms with Crippen LogP contribution in [0.1, 0.15) is 10.5 Å². The van der Waals surface area contributed by atoms with E-state index in [2.05, 4.69) is 4.98 Å². The Morgan fingerprint density at radius 3 is 3.18 bits per heavy atom. The van der Waals surface area contributed by atoms with Crippen molar-refractivity contribution in [1.82, 2.24) is 9.88 Å². The molecule has 0 aliphatic carbocycles. The number of likely N-dealkylation sites (tertiary alicyclic amines) is 1. The van der Waals surface area contributed by atoms with Crippen LogP contribution in [-0.2, 0) is 9.47 Å². The molecule has 2 saturated heterocycles. The molecule has 1 amide bonds. The van der Waals surface area contributed by atoms with Crippen molar-refractivity contribution in [3.8, 4) is 0 Å². The summed E-state index contributed by atoms with van der Waals surface area (Å²) in [5.41, 5.74) is 0.632. The predicted octanol–water partition coefficient (Wildman–Crippen LogP) is 0.500. The van der Waals surface area contributed by atoms with E-state index in [1.54, 1.807) is 19.4 Å². The first kappa shape index (κ1) is 10.8. The Morgan fingerprint density at radius 2 is 2.47 bits per heavy atom. The van der Waals surface area contributed by atoms with Crippen LogP contribution in [0.15, 0.2) is 18.3 Å². The van der Waals surface area contributed by atoms with E-state index in [-0.39, 0.29) is 18.1 Å². The van der Waals surface area contributed by atoms with Crippen LogP contribution in [0.5, 0.6) is 0 Å². The summed E-state index contributed by atoms with van der Waals surface area (Å²) in [6.07, 6.45) is 1.86. The summed E-state index contributed by atoms with van der Waals surface area (Å²) in [5, 5.41) is 0. The van der Waals surface area contributed by atoms with E-state index in [0.29, 0.717) is 31.4 Å². The molecule has 5 nitrogen and oxygen atoms in total. The van der Waals surface area contributed by atoms with E-state index in [0.717, 1.165) is 0 Å². The summed E-state index contributed by atoms with van der Waals surface area (Å²) in [6, 6.07) is 3.79. The second-order valence-electron chi connectivity index (χ2n) is 4.58. The van der Waals surface area contributed by atoms with Gasteiger partial charge < -0.3 is 19.4 Å². The van der Waals surface area contributed by atoms with Crippen molar-refractivity contribution in [2.45, 2.75) is 12.1 Å². The van der Waals surface area contributed by atoms with Crippen molar-refractivity contribution in [2.24, 2.45) is 5.92 Å². The highest BCUT2D eigenvalue weighted by atomic mass is 16.5. The van der Waals surface area contributed by atoms with E-state index in [9.17, 15) is 4.79 Å². The van der Waals surface area contributed by atoms with Crippen LogP contribution in [0.4, 0.5) is 0 Å². The Labute approximate surface area is 99.7 Å². The van der Waals surface area contributed by atoms with Gasteiger partial charge in [0.15, 0.2) is 0 Å². The molecule has 0 unspecified atom stereocenters. The van der Waals surface area contributed by atoms with Crippen LogP contribution in [0.2, 0.25) is 0 Å². The molecule has 5 heteroatoms. The Balaban J connectivity index is 1.82. The summed E-state index contributed by atoms with van der Waals surface area (Å²) >= 11 is 0. The van der Waals surface area contributed by atoms with Gasteiger partial charge in [-0.25, -0.2) is 0 Å². The third-order valence-corrected chi connectivity index (χ3v) is 3.74. The van der Waals surface area contributed by atoms with Gasteiger partial charge in [-0.15, -0.1) is 0 Å². The minimum absolute atomic E-state index is 0.0371. The molecule has 2 aliphatic heterocycles. The number of H-pyrrole nitrogens is 1. The summed E-state index contributed by atoms with van der Waals surface area (Å²) < 4.78 is 10.9. The van der Waals surface area contributed by atoms with Gasteiger partial charge in [0.05, 0.1) is 25.4 Å². The molecular weight excluding hydrogens is 220 g/mol. The Hall–Kier alpha value is -1.33. The minimum atomic E-state index is 0.0371. The number of carbonyl (C=O) groups excluding carboxylic acids is 1. The average Bonchev–Trinajstić information content (AvgIpc) is 3.05. The number of aromatic nitrogens is 1. The fourth-order valence-electron chi connectivity index (χ4n) is 2.80. The molecule has 0 aromatic carbocycles. The quantitative estimate of drug-likeness (QED) is 0.813. The standard InChI is InChI=1S/C12H16N2O3/c1-16-11-5-14(10-7-17-6-8(10)11)12(15)9-3-2-4-13-9/h2-4,8,10-11,13H,5-7H2,1H3/t8-,10+,11-/m0/s1. The van der Waals surface area contributed by atoms with E-state index in [1.165, 1.54) is 0 Å². The third-order valence-electron chi connectivity index (χ3n) is 3.74. The lowest BCUT2D eigenvalue weighted by atomic mass is 10.0. The van der Waals surface area contributed by atoms with Crippen LogP contribution < -0.4 is 0 Å². The molecule has 3 heterocycles. The highest BCUT2D eigenvalue weighted by molar-refractivity contribution is 5.93. The lowest BCUT2D eigenvalue weighted by Gasteiger charge is -2.21. The molecular formula is C12H16N2O3. The van der Waals surface area contributed by atoms with Crippen LogP contribution >= 0.6 is 0 Å². The number of amides is 1. The van der Waals surface area contributed by atoms with E-state index >= 15 is 0 Å². The van der Waals surface area contributed by atoms with Crippen LogP contribution in [0.3, 0.4) is 0 Å². The molecule has 2 aliphatic rings. The number of aromatic amines is 1. The minimum Gasteiger partial charge on any atom is -0.379 e. The largest absolute Gasteiger partial charge is 0.379 e. The molecule has 0 bridgehead atoms. The van der Waals surface area contributed by atoms with E-state index in [1.807, 2.05) is 11.0 Å². The van der Waals surface area contributed by atoms with Crippen LogP contribution in [0, 0.1) is 5.92 Å². The Morgan fingerprint density at radius 1 is 1.59 bits per heavy atom. The molecule has 0 saturated carbocycles. The van der Waals surface area contributed by atoms with Crippen LogP contribution in [-0.4, -0.2) is 54.8 Å². The Bertz CT molecular complexity index is 404. The lowest BCUT2D eigenvalue weighted by Crippen LogP contribution is -2.38. The average molecular weight is 236 g/mol. The number of carbonyl (C=O) groups is 1. The summed E-state index contributed by atoms with van der Waals surface area (Å²) in [7, 11) is 1.70. The highest BCUT2D eigenvalue weighted by Crippen LogP contribution is 2.32. The van der Waals surface area contributed by atoms with E-state index in [4.69, 9.17) is 9.47 Å². The smallest absolute Gasteiger partial charge is 0.270 e. The van der Waals surface area contributed by atoms with Crippen molar-refractivity contribution in [1.29, 1.82) is 0 Å². The first-order valence-corrected chi connectivity index (χ1v) is 5.86. The maximum absolute atomic E-state index is 12.3. The van der Waals surface area contributed by atoms with Gasteiger partial charge in [-0.2, -0.15) is 0 Å². The van der Waals surface area contributed by atoms with Crippen molar-refractivity contribution in [3.05, 3.63) is 24.0 Å². The topological polar surface area (TPSA) is 54.6 Å². The molecule has 2 fully saturated rings. The van der Waals surface area contributed by atoms with Crippen molar-refractivity contribution >= 4 is 5.91 Å². The maximum Gasteiger partial charge on any atom is 0.270 e. The molecule has 0 spiro atoms. The summed E-state index contributed by atoms with van der Waals surface area (Å²) in [5.74, 6) is 0.356. The van der Waals surface area contributed by atoms with Crippen molar-refractivity contribution in [2.75, 3.05) is 26.9 Å². The highest BCUT2D eigenvalue weighted by Gasteiger charge is 2.47. The van der Waals surface area contributed by atoms with Crippen LogP contribution in [0.25, 0.3) is 0 Å². The van der Waals surface area contributed by atoms with Gasteiger partial charge in [0.25, 0.3) is 5.91 Å². The molecule has 1 aromatic heterocycles. The summed E-state index contributed by atoms with van der Waals surface area (Å²) in [4.78, 5) is 17.1. The maximum atomic E-state index is 12.3. The van der Waals surface area contributed by atoms with E-state index < -0.39 is 0 Å². The van der Waals surface area contributed by atoms with Gasteiger partial charge in [0.2, 0.25) is 0 Å². The fraction of sp³-hybridized carbons (Fsp3) is 0.583. The van der Waals surface area contributed by atoms with Gasteiger partial charge in [-0.1, -0.05) is 0 Å². The number of rotatable bonds is 2. The van der Waals surface area contributed by atoms with Gasteiger partial charge in [-0.3, -0.25) is 4.79 Å².